The topological polar surface area (TPSA) is 145 Å². The minimum Gasteiger partial charge on any atom is -0.743 e. The first-order valence-corrected chi connectivity index (χ1v) is 15.0. The molecule has 4 aliphatic carbocycles. The van der Waals surface area contributed by atoms with Gasteiger partial charge in [-0.15, -0.1) is 0 Å². The number of rotatable bonds is 10. The first-order valence-electron chi connectivity index (χ1n) is 13.6. The van der Waals surface area contributed by atoms with Gasteiger partial charge in [0.25, 0.3) is 0 Å². The monoisotopic (exact) mass is 597 g/mol. The maximum atomic E-state index is 13.6. The molecule has 6 unspecified atom stereocenters. The Morgan fingerprint density at radius 2 is 1.57 bits per heavy atom. The second-order valence-electron chi connectivity index (χ2n) is 12.4. The van der Waals surface area contributed by atoms with Crippen molar-refractivity contribution in [3.8, 4) is 0 Å². The van der Waals surface area contributed by atoms with Crippen molar-refractivity contribution in [2.24, 2.45) is 35.0 Å². The van der Waals surface area contributed by atoms with Gasteiger partial charge in [0.2, 0.25) is 0 Å². The highest BCUT2D eigenvalue weighted by Gasteiger charge is 2.72. The molecule has 7 fully saturated rings. The van der Waals surface area contributed by atoms with Gasteiger partial charge in [0.05, 0.1) is 12.0 Å². The van der Waals surface area contributed by atoms with E-state index in [-0.39, 0.29) is 12.4 Å². The summed E-state index contributed by atoms with van der Waals surface area (Å²) >= 11 is 0. The molecule has 7 rings (SSSR count). The zero-order valence-electron chi connectivity index (χ0n) is 21.3. The molecule has 0 spiro atoms. The molecule has 6 atom stereocenters. The molecule has 0 aromatic rings. The summed E-state index contributed by atoms with van der Waals surface area (Å²) in [5.74, 6) is -7.77. The fourth-order valence-corrected chi connectivity index (χ4v) is 8.86. The van der Waals surface area contributed by atoms with E-state index in [0.29, 0.717) is 17.8 Å². The van der Waals surface area contributed by atoms with E-state index in [2.05, 4.69) is 0 Å². The van der Waals surface area contributed by atoms with Crippen LogP contribution in [0, 0.1) is 35.0 Å². The summed E-state index contributed by atoms with van der Waals surface area (Å²) in [6, 6.07) is 0. The molecular weight excluding hydrogens is 568 g/mol. The Morgan fingerprint density at radius 3 is 2.15 bits per heavy atom. The van der Waals surface area contributed by atoms with Crippen LogP contribution in [-0.4, -0.2) is 73.1 Å². The average Bonchev–Trinajstić information content (AvgIpc) is 3.46. The lowest BCUT2D eigenvalue weighted by molar-refractivity contribution is -0.186. The first kappa shape index (κ1) is 28.1. The second-order valence-corrected chi connectivity index (χ2v) is 13.8. The van der Waals surface area contributed by atoms with Gasteiger partial charge < -0.3 is 23.5 Å². The summed E-state index contributed by atoms with van der Waals surface area (Å²) in [6.45, 7) is -0.499. The maximum absolute atomic E-state index is 13.6. The van der Waals surface area contributed by atoms with E-state index in [9.17, 15) is 44.9 Å². The van der Waals surface area contributed by atoms with Gasteiger partial charge in [0.1, 0.15) is 24.0 Å². The molecular formula is C25H29F4O10S-. The third-order valence-electron chi connectivity index (χ3n) is 9.76. The molecule has 3 heterocycles. The van der Waals surface area contributed by atoms with Gasteiger partial charge >= 0.3 is 29.1 Å². The highest BCUT2D eigenvalue weighted by Crippen LogP contribution is 2.61. The van der Waals surface area contributed by atoms with Crippen LogP contribution in [-0.2, 0) is 43.4 Å². The molecule has 0 radical (unpaired) electrons. The lowest BCUT2D eigenvalue weighted by atomic mass is 9.49. The predicted molar refractivity (Wildman–Crippen MR) is 120 cm³/mol. The fourth-order valence-electron chi connectivity index (χ4n) is 8.40. The lowest BCUT2D eigenvalue weighted by Crippen LogP contribution is -2.54. The number of hydrogen-bond acceptors (Lipinski definition) is 10. The van der Waals surface area contributed by atoms with Crippen LogP contribution in [0.2, 0.25) is 0 Å². The molecule has 7 aliphatic rings. The highest BCUT2D eigenvalue weighted by molar-refractivity contribution is 7.86. The smallest absolute Gasteiger partial charge is 0.396 e. The highest BCUT2D eigenvalue weighted by atomic mass is 32.2. The Balaban J connectivity index is 1.06. The molecule has 6 bridgehead atoms. The van der Waals surface area contributed by atoms with Crippen LogP contribution in [0.3, 0.4) is 0 Å². The SMILES string of the molecule is O=C1OC2C(OC(=O)C34CC5CC(CC(C5)C3)C4)C3OC2C1C3C(=O)OCCCCC(F)(F)C(F)(F)S(=O)(=O)[O-]. The molecule has 0 aromatic heterocycles. The zero-order valence-corrected chi connectivity index (χ0v) is 22.1. The summed E-state index contributed by atoms with van der Waals surface area (Å²) in [5.41, 5.74) is -0.584. The van der Waals surface area contributed by atoms with E-state index >= 15 is 0 Å². The Bertz CT molecular complexity index is 1170. The first-order chi connectivity index (χ1) is 18.6. The van der Waals surface area contributed by atoms with Crippen LogP contribution >= 0.6 is 0 Å². The van der Waals surface area contributed by atoms with Crippen molar-refractivity contribution in [3.05, 3.63) is 0 Å². The van der Waals surface area contributed by atoms with Crippen molar-refractivity contribution in [2.45, 2.75) is 93.4 Å². The molecule has 3 saturated heterocycles. The minimum atomic E-state index is -6.58. The van der Waals surface area contributed by atoms with Gasteiger partial charge in [-0.1, -0.05) is 0 Å². The zero-order chi connectivity index (χ0) is 28.8. The molecule has 3 aliphatic heterocycles. The van der Waals surface area contributed by atoms with Crippen molar-refractivity contribution in [2.75, 3.05) is 6.61 Å². The van der Waals surface area contributed by atoms with E-state index in [1.54, 1.807) is 0 Å². The molecule has 0 aromatic carbocycles. The number of alkyl halides is 4. The van der Waals surface area contributed by atoms with Crippen molar-refractivity contribution < 1.29 is 63.9 Å². The second kappa shape index (κ2) is 9.25. The van der Waals surface area contributed by atoms with Gasteiger partial charge in [-0.05, 0) is 69.1 Å². The number of fused-ring (bicyclic) bond motifs is 1. The van der Waals surface area contributed by atoms with Crippen LogP contribution in [0.25, 0.3) is 0 Å². The molecule has 224 valence electrons. The van der Waals surface area contributed by atoms with E-state index < -0.39 is 94.3 Å². The van der Waals surface area contributed by atoms with E-state index in [4.69, 9.17) is 18.9 Å². The maximum Gasteiger partial charge on any atom is 0.396 e. The molecule has 0 amide bonds. The summed E-state index contributed by atoms with van der Waals surface area (Å²) < 4.78 is 108. The standard InChI is InChI=1S/C25H30F4O10S/c26-24(27,25(28,29)40(33,34)35)3-1-2-4-36-20(30)14-15-17-18(38-21(15)31)19(16(14)37-17)39-22(32)23-8-11-5-12(9-23)7-13(6-11)10-23/h11-19H,1-10H2,(H,33,34,35)/p-1. The Hall–Kier alpha value is -2.00. The summed E-state index contributed by atoms with van der Waals surface area (Å²) in [5, 5.41) is -5.78. The summed E-state index contributed by atoms with van der Waals surface area (Å²) in [7, 11) is -6.58. The number of esters is 3. The van der Waals surface area contributed by atoms with Gasteiger partial charge in [-0.3, -0.25) is 14.4 Å². The van der Waals surface area contributed by atoms with Gasteiger partial charge in [0.15, 0.2) is 22.3 Å². The van der Waals surface area contributed by atoms with Gasteiger partial charge in [-0.25, -0.2) is 8.42 Å². The summed E-state index contributed by atoms with van der Waals surface area (Å²) in [6.07, 6.45) is -0.677. The fraction of sp³-hybridized carbons (Fsp3) is 0.880. The van der Waals surface area contributed by atoms with Crippen LogP contribution in [0.1, 0.15) is 57.8 Å². The third kappa shape index (κ3) is 4.24. The normalized spacial score (nSPS) is 41.3. The number of hydrogen-bond donors (Lipinski definition) is 0. The number of ether oxygens (including phenoxy) is 4. The summed E-state index contributed by atoms with van der Waals surface area (Å²) in [4.78, 5) is 39.0. The van der Waals surface area contributed by atoms with Crippen molar-refractivity contribution in [1.29, 1.82) is 0 Å². The van der Waals surface area contributed by atoms with Crippen LogP contribution < -0.4 is 0 Å². The number of halogens is 4. The molecule has 40 heavy (non-hydrogen) atoms. The van der Waals surface area contributed by atoms with E-state index in [0.717, 1.165) is 38.5 Å². The Morgan fingerprint density at radius 1 is 0.975 bits per heavy atom. The van der Waals surface area contributed by atoms with E-state index in [1.807, 2.05) is 0 Å². The van der Waals surface area contributed by atoms with Crippen LogP contribution in [0.4, 0.5) is 17.6 Å². The average molecular weight is 598 g/mol. The van der Waals surface area contributed by atoms with E-state index in [1.165, 1.54) is 0 Å². The third-order valence-corrected chi connectivity index (χ3v) is 10.7. The van der Waals surface area contributed by atoms with Gasteiger partial charge in [0, 0.05) is 6.42 Å². The van der Waals surface area contributed by atoms with Crippen LogP contribution in [0.5, 0.6) is 0 Å². The Kier molecular flexibility index (Phi) is 6.51. The van der Waals surface area contributed by atoms with Crippen molar-refractivity contribution >= 4 is 28.0 Å². The molecule has 15 heteroatoms. The molecule has 0 N–H and O–H groups in total. The number of carbonyl (C=O) groups is 3. The largest absolute Gasteiger partial charge is 0.743 e. The lowest BCUT2D eigenvalue weighted by Gasteiger charge is -2.55. The molecule has 10 nitrogen and oxygen atoms in total. The number of unbranched alkanes of at least 4 members (excludes halogenated alkanes) is 1. The van der Waals surface area contributed by atoms with Gasteiger partial charge in [-0.2, -0.15) is 17.6 Å². The predicted octanol–water partition coefficient (Wildman–Crippen LogP) is 2.54. The number of carbonyl (C=O) groups excluding carboxylic acids is 3. The van der Waals surface area contributed by atoms with Crippen LogP contribution in [0.15, 0.2) is 0 Å². The molecule has 4 saturated carbocycles. The van der Waals surface area contributed by atoms with Crippen molar-refractivity contribution in [3.63, 3.8) is 0 Å². The Labute approximate surface area is 227 Å². The quantitative estimate of drug-likeness (QED) is 0.121. The van der Waals surface area contributed by atoms with Crippen molar-refractivity contribution in [1.82, 2.24) is 0 Å². The minimum absolute atomic E-state index is 0.347.